The molecule has 110 valence electrons. The molecular formula is C13H16O6S. The number of methoxy groups -OCH3 is 1. The number of aromatic carboxylic acids is 1. The Morgan fingerprint density at radius 1 is 1.35 bits per heavy atom. The predicted octanol–water partition coefficient (Wildman–Crippen LogP) is 1.07. The molecule has 0 bridgehead atoms. The van der Waals surface area contributed by atoms with Crippen molar-refractivity contribution in [1.82, 2.24) is 0 Å². The molecule has 0 aliphatic carbocycles. The van der Waals surface area contributed by atoms with Crippen molar-refractivity contribution in [2.45, 2.75) is 19.1 Å². The molecule has 2 atom stereocenters. The maximum Gasteiger partial charge on any atom is 0.335 e. The van der Waals surface area contributed by atoms with Crippen LogP contribution in [-0.4, -0.2) is 45.4 Å². The number of ether oxygens (including phenoxy) is 1. The summed E-state index contributed by atoms with van der Waals surface area (Å²) >= 11 is 0.900. The fourth-order valence-corrected chi connectivity index (χ4v) is 2.18. The third-order valence-corrected chi connectivity index (χ3v) is 3.54. The van der Waals surface area contributed by atoms with Gasteiger partial charge in [0.15, 0.2) is 5.12 Å². The number of carboxylic acid groups (broad SMARTS) is 1. The molecule has 2 unspecified atom stereocenters. The molecule has 3 N–H and O–H groups in total. The maximum atomic E-state index is 10.9. The molecule has 0 heterocycles. The number of aliphatic hydroxyl groups is 2. The molecule has 1 aromatic rings. The zero-order valence-electron chi connectivity index (χ0n) is 11.1. The van der Waals surface area contributed by atoms with Crippen LogP contribution in [0.1, 0.15) is 28.9 Å². The summed E-state index contributed by atoms with van der Waals surface area (Å²) in [6.07, 6.45) is -2.42. The predicted molar refractivity (Wildman–Crippen MR) is 74.1 cm³/mol. The summed E-state index contributed by atoms with van der Waals surface area (Å²) in [5.41, 5.74) is 0.291. The highest BCUT2D eigenvalue weighted by Crippen LogP contribution is 2.29. The van der Waals surface area contributed by atoms with Crippen molar-refractivity contribution >= 4 is 22.8 Å². The van der Waals surface area contributed by atoms with E-state index < -0.39 is 18.2 Å². The fraction of sp³-hybridized carbons (Fsp3) is 0.385. The quantitative estimate of drug-likeness (QED) is 0.721. The van der Waals surface area contributed by atoms with E-state index in [4.69, 9.17) is 9.84 Å². The Bertz CT molecular complexity index is 502. The minimum absolute atomic E-state index is 0.0189. The van der Waals surface area contributed by atoms with E-state index in [1.807, 2.05) is 0 Å². The van der Waals surface area contributed by atoms with Gasteiger partial charge in [0, 0.05) is 18.2 Å². The summed E-state index contributed by atoms with van der Waals surface area (Å²) in [7, 11) is 1.34. The van der Waals surface area contributed by atoms with Gasteiger partial charge in [0.1, 0.15) is 11.9 Å². The summed E-state index contributed by atoms with van der Waals surface area (Å²) in [6, 6.07) is 3.97. The zero-order chi connectivity index (χ0) is 15.3. The van der Waals surface area contributed by atoms with E-state index in [0.717, 1.165) is 11.8 Å². The Hall–Kier alpha value is -1.57. The molecule has 0 aromatic heterocycles. The number of carbonyl (C=O) groups excluding carboxylic acids is 1. The van der Waals surface area contributed by atoms with E-state index in [-0.39, 0.29) is 27.7 Å². The third-order valence-electron chi connectivity index (χ3n) is 2.62. The van der Waals surface area contributed by atoms with Crippen molar-refractivity contribution in [1.29, 1.82) is 0 Å². The monoisotopic (exact) mass is 300 g/mol. The van der Waals surface area contributed by atoms with Gasteiger partial charge >= 0.3 is 5.97 Å². The first-order chi connectivity index (χ1) is 9.36. The van der Waals surface area contributed by atoms with Crippen molar-refractivity contribution in [3.8, 4) is 5.75 Å². The van der Waals surface area contributed by atoms with Crippen LogP contribution in [-0.2, 0) is 4.79 Å². The number of rotatable bonds is 6. The average Bonchev–Trinajstić information content (AvgIpc) is 2.42. The van der Waals surface area contributed by atoms with Crippen LogP contribution in [0.2, 0.25) is 0 Å². The molecule has 6 nitrogen and oxygen atoms in total. The van der Waals surface area contributed by atoms with Gasteiger partial charge in [-0.2, -0.15) is 0 Å². The first kappa shape index (κ1) is 16.5. The molecule has 0 radical (unpaired) electrons. The van der Waals surface area contributed by atoms with Gasteiger partial charge in [-0.3, -0.25) is 4.79 Å². The first-order valence-electron chi connectivity index (χ1n) is 5.77. The van der Waals surface area contributed by atoms with Gasteiger partial charge < -0.3 is 20.1 Å². The summed E-state index contributed by atoms with van der Waals surface area (Å²) < 4.78 is 5.02. The topological polar surface area (TPSA) is 104 Å². The van der Waals surface area contributed by atoms with Gasteiger partial charge in [-0.25, -0.2) is 4.79 Å². The molecule has 0 spiro atoms. The van der Waals surface area contributed by atoms with Crippen molar-refractivity contribution in [3.05, 3.63) is 29.3 Å². The van der Waals surface area contributed by atoms with E-state index >= 15 is 0 Å². The average molecular weight is 300 g/mol. The van der Waals surface area contributed by atoms with Crippen LogP contribution in [0.3, 0.4) is 0 Å². The Morgan fingerprint density at radius 2 is 2.00 bits per heavy atom. The Morgan fingerprint density at radius 3 is 2.50 bits per heavy atom. The number of hydrogen-bond donors (Lipinski definition) is 3. The molecule has 0 aliphatic heterocycles. The van der Waals surface area contributed by atoms with Crippen LogP contribution >= 0.6 is 11.8 Å². The third kappa shape index (κ3) is 4.22. The number of thioether (sulfide) groups is 1. The van der Waals surface area contributed by atoms with Gasteiger partial charge in [0.05, 0.1) is 18.8 Å². The van der Waals surface area contributed by atoms with Crippen LogP contribution in [0.15, 0.2) is 18.2 Å². The number of carbonyl (C=O) groups is 2. The van der Waals surface area contributed by atoms with E-state index in [2.05, 4.69) is 0 Å². The lowest BCUT2D eigenvalue weighted by atomic mass is 10.0. The van der Waals surface area contributed by atoms with Crippen molar-refractivity contribution in [3.63, 3.8) is 0 Å². The molecule has 0 fully saturated rings. The molecule has 0 saturated heterocycles. The van der Waals surface area contributed by atoms with Crippen LogP contribution in [0.4, 0.5) is 0 Å². The zero-order valence-corrected chi connectivity index (χ0v) is 11.9. The summed E-state index contributed by atoms with van der Waals surface area (Å²) in [5, 5.41) is 28.6. The highest BCUT2D eigenvalue weighted by Gasteiger charge is 2.23. The number of aliphatic hydroxyl groups excluding tert-OH is 2. The second-order valence-corrected chi connectivity index (χ2v) is 5.27. The normalized spacial score (nSPS) is 13.6. The highest BCUT2D eigenvalue weighted by atomic mass is 32.2. The van der Waals surface area contributed by atoms with Crippen molar-refractivity contribution < 1.29 is 29.6 Å². The molecular weight excluding hydrogens is 284 g/mol. The maximum absolute atomic E-state index is 10.9. The molecule has 0 amide bonds. The van der Waals surface area contributed by atoms with Crippen LogP contribution in [0.25, 0.3) is 0 Å². The smallest absolute Gasteiger partial charge is 0.335 e. The standard InChI is InChI=1S/C13H16O6S/c1-7(14)20-6-10(15)12(16)9-4-3-8(13(17)18)5-11(9)19-2/h3-5,10,12,15-16H,6H2,1-2H3,(H,17,18). The van der Waals surface area contributed by atoms with Gasteiger partial charge in [-0.15, -0.1) is 0 Å². The number of benzene rings is 1. The molecule has 0 aliphatic rings. The summed E-state index contributed by atoms with van der Waals surface area (Å²) in [6.45, 7) is 1.37. The van der Waals surface area contributed by atoms with Crippen LogP contribution < -0.4 is 4.74 Å². The second-order valence-electron chi connectivity index (χ2n) is 4.08. The Labute approximate surface area is 120 Å². The molecule has 1 rings (SSSR count). The van der Waals surface area contributed by atoms with Crippen LogP contribution in [0, 0.1) is 0 Å². The van der Waals surface area contributed by atoms with Gasteiger partial charge in [0.2, 0.25) is 0 Å². The lowest BCUT2D eigenvalue weighted by Crippen LogP contribution is -2.22. The highest BCUT2D eigenvalue weighted by molar-refractivity contribution is 8.13. The number of carboxylic acids is 1. The first-order valence-corrected chi connectivity index (χ1v) is 6.76. The van der Waals surface area contributed by atoms with E-state index in [9.17, 15) is 19.8 Å². The molecule has 20 heavy (non-hydrogen) atoms. The minimum atomic E-state index is -1.26. The summed E-state index contributed by atoms with van der Waals surface area (Å²) in [5.74, 6) is -0.901. The van der Waals surface area contributed by atoms with Crippen molar-refractivity contribution in [2.24, 2.45) is 0 Å². The molecule has 0 saturated carbocycles. The number of hydrogen-bond acceptors (Lipinski definition) is 6. The van der Waals surface area contributed by atoms with E-state index in [1.54, 1.807) is 0 Å². The van der Waals surface area contributed by atoms with E-state index in [0.29, 0.717) is 0 Å². The second kappa shape index (κ2) is 7.28. The SMILES string of the molecule is COc1cc(C(=O)O)ccc1C(O)C(O)CSC(C)=O. The van der Waals surface area contributed by atoms with Crippen LogP contribution in [0.5, 0.6) is 5.75 Å². The van der Waals surface area contributed by atoms with Gasteiger partial charge in [-0.05, 0) is 12.1 Å². The lowest BCUT2D eigenvalue weighted by Gasteiger charge is -2.20. The van der Waals surface area contributed by atoms with E-state index in [1.165, 1.54) is 32.2 Å². The Balaban J connectivity index is 2.94. The minimum Gasteiger partial charge on any atom is -0.496 e. The molecule has 7 heteroatoms. The summed E-state index contributed by atoms with van der Waals surface area (Å²) in [4.78, 5) is 21.7. The van der Waals surface area contributed by atoms with Crippen molar-refractivity contribution in [2.75, 3.05) is 12.9 Å². The Kier molecular flexibility index (Phi) is 6.00. The largest absolute Gasteiger partial charge is 0.496 e. The molecule has 1 aromatic carbocycles. The fourth-order valence-electron chi connectivity index (χ4n) is 1.59. The lowest BCUT2D eigenvalue weighted by molar-refractivity contribution is -0.109. The van der Waals surface area contributed by atoms with Gasteiger partial charge in [-0.1, -0.05) is 17.8 Å². The van der Waals surface area contributed by atoms with Gasteiger partial charge in [0.25, 0.3) is 0 Å².